The third kappa shape index (κ3) is 2.70. The number of hydrogen-bond acceptors (Lipinski definition) is 2. The van der Waals surface area contributed by atoms with Crippen LogP contribution in [-0.4, -0.2) is 26.5 Å². The van der Waals surface area contributed by atoms with E-state index in [4.69, 9.17) is 5.11 Å². The lowest BCUT2D eigenvalue weighted by molar-refractivity contribution is 0.0692. The van der Waals surface area contributed by atoms with Crippen molar-refractivity contribution in [3.63, 3.8) is 0 Å². The summed E-state index contributed by atoms with van der Waals surface area (Å²) in [6.45, 7) is 1.72. The lowest BCUT2D eigenvalue weighted by Crippen LogP contribution is -2.16. The van der Waals surface area contributed by atoms with Crippen molar-refractivity contribution in [2.45, 2.75) is 6.92 Å². The van der Waals surface area contributed by atoms with E-state index in [2.05, 4.69) is 26.2 Å². The molecule has 0 aliphatic heterocycles. The number of carbonyl (C=O) groups excluding carboxylic acids is 1. The lowest BCUT2D eigenvalue weighted by atomic mass is 10.3. The first-order valence-corrected chi connectivity index (χ1v) is 6.24. The average Bonchev–Trinajstić information content (AvgIpc) is 2.81. The van der Waals surface area contributed by atoms with E-state index in [-0.39, 0.29) is 17.3 Å². The normalized spacial score (nSPS) is 10.5. The molecular weight excluding hydrogens is 314 g/mol. The molecule has 100 valence electrons. The van der Waals surface area contributed by atoms with Gasteiger partial charge in [-0.1, -0.05) is 0 Å². The van der Waals surface area contributed by atoms with Crippen molar-refractivity contribution in [1.82, 2.24) is 9.55 Å². The van der Waals surface area contributed by atoms with E-state index in [0.717, 1.165) is 4.47 Å². The molecule has 7 heteroatoms. The Labute approximate surface area is 117 Å². The van der Waals surface area contributed by atoms with Crippen LogP contribution in [0.5, 0.6) is 0 Å². The van der Waals surface area contributed by atoms with Gasteiger partial charge in [-0.05, 0) is 35.0 Å². The Bertz CT molecular complexity index is 657. The summed E-state index contributed by atoms with van der Waals surface area (Å²) in [6, 6.07) is 3.24. The third-order valence-corrected chi connectivity index (χ3v) is 3.05. The second kappa shape index (κ2) is 4.93. The number of nitrogens with one attached hydrogen (secondary N) is 2. The molecule has 0 spiro atoms. The summed E-state index contributed by atoms with van der Waals surface area (Å²) in [7, 11) is 1.74. The molecule has 0 saturated heterocycles. The van der Waals surface area contributed by atoms with Gasteiger partial charge in [-0.3, -0.25) is 4.79 Å². The van der Waals surface area contributed by atoms with E-state index >= 15 is 0 Å². The number of amides is 1. The molecule has 0 saturated carbocycles. The number of nitrogens with zero attached hydrogens (tertiary/aromatic N) is 1. The molecule has 1 amide bonds. The molecule has 19 heavy (non-hydrogen) atoms. The van der Waals surface area contributed by atoms with Gasteiger partial charge in [-0.25, -0.2) is 4.79 Å². The molecule has 0 aromatic carbocycles. The fourth-order valence-electron chi connectivity index (χ4n) is 1.79. The summed E-state index contributed by atoms with van der Waals surface area (Å²) in [5.74, 6) is -1.48. The number of hydrogen-bond donors (Lipinski definition) is 3. The number of aromatic nitrogens is 2. The number of carbonyl (C=O) groups is 2. The Morgan fingerprint density at radius 2 is 2.11 bits per heavy atom. The van der Waals surface area contributed by atoms with Crippen molar-refractivity contribution in [2.24, 2.45) is 7.05 Å². The SMILES string of the molecule is Cc1cc(NC(=O)c2cc(Br)cn2C)c(C(=O)O)[nH]1. The van der Waals surface area contributed by atoms with Gasteiger partial charge in [0.25, 0.3) is 5.91 Å². The van der Waals surface area contributed by atoms with Crippen LogP contribution in [0.2, 0.25) is 0 Å². The fourth-order valence-corrected chi connectivity index (χ4v) is 2.32. The Balaban J connectivity index is 2.29. The van der Waals surface area contributed by atoms with Crippen LogP contribution in [0.3, 0.4) is 0 Å². The predicted molar refractivity (Wildman–Crippen MR) is 73.6 cm³/mol. The molecule has 2 aromatic heterocycles. The quantitative estimate of drug-likeness (QED) is 0.809. The molecule has 0 bridgehead atoms. The van der Waals surface area contributed by atoms with E-state index in [1.807, 2.05) is 0 Å². The molecule has 2 heterocycles. The van der Waals surface area contributed by atoms with Gasteiger partial charge >= 0.3 is 5.97 Å². The highest BCUT2D eigenvalue weighted by Crippen LogP contribution is 2.19. The maximum Gasteiger partial charge on any atom is 0.354 e. The Morgan fingerprint density at radius 1 is 1.42 bits per heavy atom. The molecular formula is C12H12BrN3O3. The minimum absolute atomic E-state index is 0.0286. The highest BCUT2D eigenvalue weighted by molar-refractivity contribution is 9.10. The van der Waals surface area contributed by atoms with Crippen molar-refractivity contribution >= 4 is 33.5 Å². The Morgan fingerprint density at radius 3 is 2.63 bits per heavy atom. The number of rotatable bonds is 3. The van der Waals surface area contributed by atoms with Crippen LogP contribution in [0.15, 0.2) is 22.8 Å². The fraction of sp³-hybridized carbons (Fsp3) is 0.167. The molecule has 2 rings (SSSR count). The molecule has 0 radical (unpaired) electrons. The van der Waals surface area contributed by atoms with Crippen LogP contribution in [0.1, 0.15) is 26.7 Å². The number of halogens is 1. The topological polar surface area (TPSA) is 87.1 Å². The Hall–Kier alpha value is -2.02. The highest BCUT2D eigenvalue weighted by atomic mass is 79.9. The van der Waals surface area contributed by atoms with Crippen molar-refractivity contribution in [2.75, 3.05) is 5.32 Å². The van der Waals surface area contributed by atoms with Gasteiger partial charge in [0.15, 0.2) is 0 Å². The molecule has 0 aliphatic rings. The maximum atomic E-state index is 12.1. The van der Waals surface area contributed by atoms with Crippen LogP contribution >= 0.6 is 15.9 Å². The molecule has 0 fully saturated rings. The molecule has 6 nitrogen and oxygen atoms in total. The van der Waals surface area contributed by atoms with Crippen LogP contribution in [0, 0.1) is 6.92 Å². The molecule has 0 unspecified atom stereocenters. The van der Waals surface area contributed by atoms with E-state index in [9.17, 15) is 9.59 Å². The van der Waals surface area contributed by atoms with Gasteiger partial charge in [0.1, 0.15) is 11.4 Å². The van der Waals surface area contributed by atoms with Crippen molar-refractivity contribution in [3.8, 4) is 0 Å². The summed E-state index contributed by atoms with van der Waals surface area (Å²) < 4.78 is 2.43. The summed E-state index contributed by atoms with van der Waals surface area (Å²) in [5, 5.41) is 11.6. The second-order valence-corrected chi connectivity index (χ2v) is 5.07. The number of anilines is 1. The summed E-state index contributed by atoms with van der Waals surface area (Å²) in [4.78, 5) is 25.8. The first-order chi connectivity index (χ1) is 8.88. The molecule has 3 N–H and O–H groups in total. The van der Waals surface area contributed by atoms with E-state index in [1.165, 1.54) is 0 Å². The standard InChI is InChI=1S/C12H12BrN3O3/c1-6-3-8(10(14-6)12(18)19)15-11(17)9-4-7(13)5-16(9)2/h3-5,14H,1-2H3,(H,15,17)(H,18,19). The first-order valence-electron chi connectivity index (χ1n) is 5.44. The number of carboxylic acids is 1. The number of aromatic amines is 1. The largest absolute Gasteiger partial charge is 0.477 e. The van der Waals surface area contributed by atoms with Gasteiger partial charge in [0, 0.05) is 23.4 Å². The summed E-state index contributed by atoms with van der Waals surface area (Å²) in [5.41, 5.74) is 1.33. The zero-order valence-corrected chi connectivity index (χ0v) is 11.9. The van der Waals surface area contributed by atoms with Gasteiger partial charge in [0.05, 0.1) is 5.69 Å². The zero-order chi connectivity index (χ0) is 14.2. The van der Waals surface area contributed by atoms with Gasteiger partial charge < -0.3 is 20.0 Å². The van der Waals surface area contributed by atoms with Gasteiger partial charge in [-0.2, -0.15) is 0 Å². The average molecular weight is 326 g/mol. The van der Waals surface area contributed by atoms with Crippen LogP contribution in [0.4, 0.5) is 5.69 Å². The van der Waals surface area contributed by atoms with Crippen LogP contribution in [-0.2, 0) is 7.05 Å². The molecule has 0 atom stereocenters. The van der Waals surface area contributed by atoms with Gasteiger partial charge in [0.2, 0.25) is 0 Å². The number of carboxylic acid groups (broad SMARTS) is 1. The van der Waals surface area contributed by atoms with Gasteiger partial charge in [-0.15, -0.1) is 0 Å². The maximum absolute atomic E-state index is 12.1. The number of aryl methyl sites for hydroxylation is 2. The van der Waals surface area contributed by atoms with E-state index < -0.39 is 5.97 Å². The summed E-state index contributed by atoms with van der Waals surface area (Å²) >= 11 is 3.28. The van der Waals surface area contributed by atoms with Crippen LogP contribution < -0.4 is 5.32 Å². The minimum atomic E-state index is -1.11. The first kappa shape index (κ1) is 13.4. The van der Waals surface area contributed by atoms with Crippen molar-refractivity contribution < 1.29 is 14.7 Å². The van der Waals surface area contributed by atoms with E-state index in [1.54, 1.807) is 36.9 Å². The predicted octanol–water partition coefficient (Wildman–Crippen LogP) is 2.37. The minimum Gasteiger partial charge on any atom is -0.477 e. The Kier molecular flexibility index (Phi) is 3.48. The van der Waals surface area contributed by atoms with Crippen molar-refractivity contribution in [1.29, 1.82) is 0 Å². The zero-order valence-electron chi connectivity index (χ0n) is 10.3. The van der Waals surface area contributed by atoms with Crippen LogP contribution in [0.25, 0.3) is 0 Å². The highest BCUT2D eigenvalue weighted by Gasteiger charge is 2.17. The second-order valence-electron chi connectivity index (χ2n) is 4.15. The molecule has 0 aliphatic carbocycles. The monoisotopic (exact) mass is 325 g/mol. The third-order valence-electron chi connectivity index (χ3n) is 2.62. The number of aromatic carboxylic acids is 1. The van der Waals surface area contributed by atoms with E-state index in [0.29, 0.717) is 11.4 Å². The number of H-pyrrole nitrogens is 1. The summed E-state index contributed by atoms with van der Waals surface area (Å²) in [6.07, 6.45) is 1.75. The van der Waals surface area contributed by atoms with Crippen molar-refractivity contribution in [3.05, 3.63) is 39.9 Å². The smallest absolute Gasteiger partial charge is 0.354 e. The lowest BCUT2D eigenvalue weighted by Gasteiger charge is -2.05. The molecule has 2 aromatic rings.